The lowest BCUT2D eigenvalue weighted by molar-refractivity contribution is 0.146. The molecule has 2 rings (SSSR count). The van der Waals surface area contributed by atoms with E-state index in [1.54, 1.807) is 14.2 Å². The van der Waals surface area contributed by atoms with Crippen molar-refractivity contribution in [2.75, 3.05) is 40.5 Å². The molecule has 0 aliphatic rings. The third-order valence-electron chi connectivity index (χ3n) is 4.15. The van der Waals surface area contributed by atoms with Crippen LogP contribution in [0.4, 0.5) is 0 Å². The predicted molar refractivity (Wildman–Crippen MR) is 108 cm³/mol. The number of nitrogens with zero attached hydrogens (tertiary/aromatic N) is 1. The van der Waals surface area contributed by atoms with Gasteiger partial charge in [0.25, 0.3) is 0 Å². The summed E-state index contributed by atoms with van der Waals surface area (Å²) in [6.07, 6.45) is 0. The van der Waals surface area contributed by atoms with Gasteiger partial charge >= 0.3 is 0 Å². The molecule has 146 valence electrons. The minimum atomic E-state index is 0.0160. The SMILES string of the molecule is CN=C(NCc1cccc(OCCOC)c1)NCC(CO)c1ccccc1. The molecule has 0 fully saturated rings. The number of rotatable bonds is 10. The Kier molecular flexibility index (Phi) is 9.17. The topological polar surface area (TPSA) is 75.1 Å². The first kappa shape index (κ1) is 20.7. The monoisotopic (exact) mass is 371 g/mol. The molecule has 1 unspecified atom stereocenters. The smallest absolute Gasteiger partial charge is 0.191 e. The number of aliphatic hydroxyl groups is 1. The maximum atomic E-state index is 9.67. The molecule has 1 atom stereocenters. The van der Waals surface area contributed by atoms with Gasteiger partial charge in [-0.3, -0.25) is 4.99 Å². The Hall–Kier alpha value is -2.57. The minimum absolute atomic E-state index is 0.0160. The lowest BCUT2D eigenvalue weighted by Gasteiger charge is -2.18. The Labute approximate surface area is 161 Å². The number of benzene rings is 2. The van der Waals surface area contributed by atoms with Crippen molar-refractivity contribution in [1.82, 2.24) is 10.6 Å². The molecule has 2 aromatic rings. The van der Waals surface area contributed by atoms with Crippen LogP contribution in [-0.4, -0.2) is 51.6 Å². The van der Waals surface area contributed by atoms with Gasteiger partial charge in [-0.05, 0) is 23.3 Å². The molecule has 0 aromatic heterocycles. The Morgan fingerprint density at radius 3 is 2.59 bits per heavy atom. The minimum Gasteiger partial charge on any atom is -0.491 e. The molecule has 6 heteroatoms. The maximum Gasteiger partial charge on any atom is 0.191 e. The molecule has 0 heterocycles. The highest BCUT2D eigenvalue weighted by Gasteiger charge is 2.10. The number of nitrogens with one attached hydrogen (secondary N) is 2. The molecule has 6 nitrogen and oxygen atoms in total. The summed E-state index contributed by atoms with van der Waals surface area (Å²) >= 11 is 0. The van der Waals surface area contributed by atoms with Gasteiger partial charge in [0, 0.05) is 33.2 Å². The van der Waals surface area contributed by atoms with Gasteiger partial charge in [0.2, 0.25) is 0 Å². The fourth-order valence-corrected chi connectivity index (χ4v) is 2.63. The number of methoxy groups -OCH3 is 1. The molecule has 3 N–H and O–H groups in total. The molecular weight excluding hydrogens is 342 g/mol. The molecule has 0 radical (unpaired) electrons. The number of guanidine groups is 1. The second-order valence-corrected chi connectivity index (χ2v) is 6.09. The molecule has 0 aliphatic heterocycles. The third-order valence-corrected chi connectivity index (χ3v) is 4.15. The van der Waals surface area contributed by atoms with E-state index in [0.29, 0.717) is 32.3 Å². The summed E-state index contributed by atoms with van der Waals surface area (Å²) < 4.78 is 10.6. The normalized spacial score (nSPS) is 12.5. The van der Waals surface area contributed by atoms with Crippen LogP contribution in [0.25, 0.3) is 0 Å². The van der Waals surface area contributed by atoms with E-state index >= 15 is 0 Å². The molecule has 0 saturated heterocycles. The van der Waals surface area contributed by atoms with Crippen LogP contribution in [0.2, 0.25) is 0 Å². The highest BCUT2D eigenvalue weighted by atomic mass is 16.5. The van der Waals surface area contributed by atoms with Crippen molar-refractivity contribution in [1.29, 1.82) is 0 Å². The molecule has 0 amide bonds. The first-order valence-corrected chi connectivity index (χ1v) is 9.07. The van der Waals surface area contributed by atoms with Crippen molar-refractivity contribution in [3.63, 3.8) is 0 Å². The molecule has 0 aliphatic carbocycles. The van der Waals surface area contributed by atoms with Crippen LogP contribution in [0, 0.1) is 0 Å². The number of hydrogen-bond acceptors (Lipinski definition) is 4. The van der Waals surface area contributed by atoms with Crippen molar-refractivity contribution < 1.29 is 14.6 Å². The maximum absolute atomic E-state index is 9.67. The van der Waals surface area contributed by atoms with Gasteiger partial charge in [0.1, 0.15) is 12.4 Å². The number of ether oxygens (including phenoxy) is 2. The highest BCUT2D eigenvalue weighted by Crippen LogP contribution is 2.14. The predicted octanol–water partition coefficient (Wildman–Crippen LogP) is 2.15. The van der Waals surface area contributed by atoms with E-state index in [0.717, 1.165) is 16.9 Å². The standard InChI is InChI=1S/C21H29N3O3/c1-22-21(24-15-19(16-25)18-8-4-3-5-9-18)23-14-17-7-6-10-20(13-17)27-12-11-26-2/h3-10,13,19,25H,11-12,14-16H2,1-2H3,(H2,22,23,24). The fraction of sp³-hybridized carbons (Fsp3) is 0.381. The van der Waals surface area contributed by atoms with Crippen molar-refractivity contribution >= 4 is 5.96 Å². The van der Waals surface area contributed by atoms with E-state index in [1.807, 2.05) is 54.6 Å². The van der Waals surface area contributed by atoms with Gasteiger partial charge in [-0.15, -0.1) is 0 Å². The van der Waals surface area contributed by atoms with Crippen molar-refractivity contribution in [2.24, 2.45) is 4.99 Å². The third kappa shape index (κ3) is 7.29. The largest absolute Gasteiger partial charge is 0.491 e. The average Bonchev–Trinajstić information content (AvgIpc) is 2.72. The summed E-state index contributed by atoms with van der Waals surface area (Å²) in [6, 6.07) is 17.9. The lowest BCUT2D eigenvalue weighted by Crippen LogP contribution is -2.39. The number of aliphatic hydroxyl groups excluding tert-OH is 1. The summed E-state index contributed by atoms with van der Waals surface area (Å²) in [5.74, 6) is 1.52. The Bertz CT molecular complexity index is 692. The second kappa shape index (κ2) is 11.9. The van der Waals surface area contributed by atoms with E-state index in [4.69, 9.17) is 9.47 Å². The zero-order chi connectivity index (χ0) is 19.3. The highest BCUT2D eigenvalue weighted by molar-refractivity contribution is 5.79. The average molecular weight is 371 g/mol. The van der Waals surface area contributed by atoms with Crippen molar-refractivity contribution in [3.05, 3.63) is 65.7 Å². The van der Waals surface area contributed by atoms with Crippen LogP contribution < -0.4 is 15.4 Å². The molecule has 27 heavy (non-hydrogen) atoms. The van der Waals surface area contributed by atoms with Crippen LogP contribution in [0.1, 0.15) is 17.0 Å². The van der Waals surface area contributed by atoms with Crippen LogP contribution in [0.5, 0.6) is 5.75 Å². The second-order valence-electron chi connectivity index (χ2n) is 6.09. The summed E-state index contributed by atoms with van der Waals surface area (Å²) in [7, 11) is 3.39. The Morgan fingerprint density at radius 1 is 1.07 bits per heavy atom. The first-order chi connectivity index (χ1) is 13.3. The zero-order valence-electron chi connectivity index (χ0n) is 16.0. The van der Waals surface area contributed by atoms with Gasteiger partial charge in [-0.2, -0.15) is 0 Å². The van der Waals surface area contributed by atoms with Gasteiger partial charge in [-0.1, -0.05) is 42.5 Å². The van der Waals surface area contributed by atoms with Crippen LogP contribution in [0.15, 0.2) is 59.6 Å². The van der Waals surface area contributed by atoms with Gasteiger partial charge in [-0.25, -0.2) is 0 Å². The first-order valence-electron chi connectivity index (χ1n) is 9.07. The number of aliphatic imine (C=N–C) groups is 1. The van der Waals surface area contributed by atoms with Gasteiger partial charge in [0.05, 0.1) is 13.2 Å². The molecule has 0 saturated carbocycles. The van der Waals surface area contributed by atoms with E-state index in [-0.39, 0.29) is 12.5 Å². The van der Waals surface area contributed by atoms with E-state index in [2.05, 4.69) is 15.6 Å². The van der Waals surface area contributed by atoms with Crippen molar-refractivity contribution in [3.8, 4) is 5.75 Å². The lowest BCUT2D eigenvalue weighted by atomic mass is 10.0. The van der Waals surface area contributed by atoms with Gasteiger partial charge < -0.3 is 25.2 Å². The summed E-state index contributed by atoms with van der Waals surface area (Å²) in [5, 5.41) is 16.2. The van der Waals surface area contributed by atoms with E-state index in [9.17, 15) is 5.11 Å². The molecule has 0 spiro atoms. The van der Waals surface area contributed by atoms with E-state index in [1.165, 1.54) is 0 Å². The van der Waals surface area contributed by atoms with Crippen molar-refractivity contribution in [2.45, 2.75) is 12.5 Å². The number of hydrogen-bond donors (Lipinski definition) is 3. The molecule has 2 aromatic carbocycles. The summed E-state index contributed by atoms with van der Waals surface area (Å²) in [5.41, 5.74) is 2.19. The summed E-state index contributed by atoms with van der Waals surface area (Å²) in [4.78, 5) is 4.25. The fourth-order valence-electron chi connectivity index (χ4n) is 2.63. The molecular formula is C21H29N3O3. The Balaban J connectivity index is 1.84. The van der Waals surface area contributed by atoms with Crippen LogP contribution in [0.3, 0.4) is 0 Å². The van der Waals surface area contributed by atoms with E-state index < -0.39 is 0 Å². The molecule has 0 bridgehead atoms. The summed E-state index contributed by atoms with van der Waals surface area (Å²) in [6.45, 7) is 2.39. The zero-order valence-corrected chi connectivity index (χ0v) is 16.0. The van der Waals surface area contributed by atoms with Gasteiger partial charge in [0.15, 0.2) is 5.96 Å². The Morgan fingerprint density at radius 2 is 1.89 bits per heavy atom. The van der Waals surface area contributed by atoms with Crippen LogP contribution in [-0.2, 0) is 11.3 Å². The quantitative estimate of drug-likeness (QED) is 0.339. The van der Waals surface area contributed by atoms with Crippen LogP contribution >= 0.6 is 0 Å².